The second-order valence-electron chi connectivity index (χ2n) is 10.0. The average Bonchev–Trinajstić information content (AvgIpc) is 3.53. The van der Waals surface area contributed by atoms with Crippen LogP contribution in [0.2, 0.25) is 0 Å². The average molecular weight is 509 g/mol. The first-order valence-corrected chi connectivity index (χ1v) is 13.2. The number of hydrogen-bond donors (Lipinski definition) is 0. The number of para-hydroxylation sites is 4. The van der Waals surface area contributed by atoms with Gasteiger partial charge in [-0.05, 0) is 59.3 Å². The van der Waals surface area contributed by atoms with E-state index in [0.29, 0.717) is 11.1 Å². The van der Waals surface area contributed by atoms with E-state index in [0.717, 1.165) is 44.2 Å². The molecule has 0 amide bonds. The molecule has 0 aliphatic carbocycles. The van der Waals surface area contributed by atoms with Crippen LogP contribution in [-0.2, 0) is 0 Å². The van der Waals surface area contributed by atoms with Crippen molar-refractivity contribution in [1.29, 1.82) is 10.5 Å². The van der Waals surface area contributed by atoms with Gasteiger partial charge in [-0.25, -0.2) is 0 Å². The minimum absolute atomic E-state index is 0.382. The largest absolute Gasteiger partial charge is 0.307 e. The van der Waals surface area contributed by atoms with Crippen molar-refractivity contribution in [3.8, 4) is 23.5 Å². The van der Waals surface area contributed by atoms with E-state index in [9.17, 15) is 10.5 Å². The highest BCUT2D eigenvalue weighted by molar-refractivity contribution is 6.12. The maximum Gasteiger partial charge on any atom is 0.101 e. The van der Waals surface area contributed by atoms with Crippen LogP contribution in [0, 0.1) is 22.7 Å². The number of fused-ring (bicyclic) bond motifs is 7. The van der Waals surface area contributed by atoms with Crippen LogP contribution in [0.5, 0.6) is 0 Å². The predicted molar refractivity (Wildman–Crippen MR) is 162 cm³/mol. The maximum atomic E-state index is 9.78. The second kappa shape index (κ2) is 8.33. The lowest BCUT2D eigenvalue weighted by molar-refractivity contribution is 1.10. The van der Waals surface area contributed by atoms with Crippen molar-refractivity contribution in [2.75, 3.05) is 0 Å². The van der Waals surface area contributed by atoms with Crippen LogP contribution in [0.3, 0.4) is 0 Å². The Bertz CT molecular complexity index is 2130. The van der Waals surface area contributed by atoms with Gasteiger partial charge in [0.05, 0.1) is 44.6 Å². The molecule has 2 heterocycles. The molecule has 0 aliphatic heterocycles. The summed E-state index contributed by atoms with van der Waals surface area (Å²) < 4.78 is 4.65. The molecule has 0 bridgehead atoms. The summed E-state index contributed by atoms with van der Waals surface area (Å²) >= 11 is 0. The number of hydrogen-bond acceptors (Lipinski definition) is 2. The lowest BCUT2D eigenvalue weighted by atomic mass is 10.0. The fraction of sp³-hybridized carbons (Fsp3) is 0. The quantitative estimate of drug-likeness (QED) is 0.234. The van der Waals surface area contributed by atoms with Gasteiger partial charge >= 0.3 is 0 Å². The van der Waals surface area contributed by atoms with Crippen LogP contribution in [-0.4, -0.2) is 9.13 Å². The Morgan fingerprint density at radius 2 is 0.700 bits per heavy atom. The second-order valence-corrected chi connectivity index (χ2v) is 10.0. The Kier molecular flexibility index (Phi) is 4.62. The van der Waals surface area contributed by atoms with Gasteiger partial charge in [0.25, 0.3) is 0 Å². The van der Waals surface area contributed by atoms with Crippen molar-refractivity contribution in [1.82, 2.24) is 9.13 Å². The molecule has 4 nitrogen and oxygen atoms in total. The molecule has 4 heteroatoms. The molecule has 0 saturated carbocycles. The Balaban J connectivity index is 1.61. The highest BCUT2D eigenvalue weighted by Gasteiger charge is 2.20. The molecular weight excluding hydrogens is 488 g/mol. The first kappa shape index (κ1) is 22.2. The van der Waals surface area contributed by atoms with Gasteiger partial charge in [0, 0.05) is 21.5 Å². The summed E-state index contributed by atoms with van der Waals surface area (Å²) in [6.07, 6.45) is 0. The first-order valence-electron chi connectivity index (χ1n) is 13.2. The van der Waals surface area contributed by atoms with Crippen molar-refractivity contribution < 1.29 is 0 Å². The number of aromatic nitrogens is 2. The number of benzene rings is 6. The Hall–Kier alpha value is -5.84. The van der Waals surface area contributed by atoms with Gasteiger partial charge < -0.3 is 9.13 Å². The van der Waals surface area contributed by atoms with Crippen molar-refractivity contribution in [3.05, 3.63) is 132 Å². The molecule has 0 fully saturated rings. The summed E-state index contributed by atoms with van der Waals surface area (Å²) in [5.74, 6) is 0. The van der Waals surface area contributed by atoms with E-state index in [1.807, 2.05) is 12.1 Å². The molecular formula is C36H20N4. The highest BCUT2D eigenvalue weighted by Crippen LogP contribution is 2.39. The minimum atomic E-state index is 0.382. The van der Waals surface area contributed by atoms with E-state index in [4.69, 9.17) is 0 Å². The third-order valence-corrected chi connectivity index (χ3v) is 7.95. The fourth-order valence-electron chi connectivity index (χ4n) is 6.23. The molecule has 0 aliphatic rings. The minimum Gasteiger partial charge on any atom is -0.307 e. The Labute approximate surface area is 229 Å². The number of rotatable bonds is 2. The van der Waals surface area contributed by atoms with Gasteiger partial charge in [0.2, 0.25) is 0 Å². The van der Waals surface area contributed by atoms with Gasteiger partial charge in [-0.15, -0.1) is 0 Å². The van der Waals surface area contributed by atoms with Crippen molar-refractivity contribution in [2.24, 2.45) is 0 Å². The van der Waals surface area contributed by atoms with Crippen LogP contribution in [0.15, 0.2) is 121 Å². The zero-order valence-corrected chi connectivity index (χ0v) is 21.3. The van der Waals surface area contributed by atoms with E-state index < -0.39 is 0 Å². The third kappa shape index (κ3) is 2.99. The molecule has 0 unspecified atom stereocenters. The molecule has 0 atom stereocenters. The number of nitrogens with zero attached hydrogens (tertiary/aromatic N) is 4. The molecule has 8 aromatic rings. The lowest BCUT2D eigenvalue weighted by Gasteiger charge is -2.18. The summed E-state index contributed by atoms with van der Waals surface area (Å²) in [5, 5.41) is 26.1. The summed E-state index contributed by atoms with van der Waals surface area (Å²) in [4.78, 5) is 0. The van der Waals surface area contributed by atoms with Crippen LogP contribution in [0.4, 0.5) is 0 Å². The van der Waals surface area contributed by atoms with E-state index in [1.54, 1.807) is 0 Å². The monoisotopic (exact) mass is 508 g/mol. The molecule has 0 radical (unpaired) electrons. The Morgan fingerprint density at radius 3 is 1.00 bits per heavy atom. The topological polar surface area (TPSA) is 57.4 Å². The fourth-order valence-corrected chi connectivity index (χ4v) is 6.23. The van der Waals surface area contributed by atoms with Gasteiger partial charge in [-0.1, -0.05) is 72.8 Å². The Morgan fingerprint density at radius 1 is 0.400 bits per heavy atom. The lowest BCUT2D eigenvalue weighted by Crippen LogP contribution is -2.04. The van der Waals surface area contributed by atoms with Crippen LogP contribution < -0.4 is 0 Å². The van der Waals surface area contributed by atoms with Gasteiger partial charge in [0.15, 0.2) is 0 Å². The highest BCUT2D eigenvalue weighted by atomic mass is 15.1. The summed E-state index contributed by atoms with van der Waals surface area (Å²) in [6, 6.07) is 46.3. The molecule has 184 valence electrons. The molecule has 40 heavy (non-hydrogen) atoms. The molecule has 8 rings (SSSR count). The zero-order chi connectivity index (χ0) is 26.8. The van der Waals surface area contributed by atoms with Gasteiger partial charge in [-0.2, -0.15) is 10.5 Å². The summed E-state index contributed by atoms with van der Waals surface area (Å²) in [7, 11) is 0. The first-order chi connectivity index (χ1) is 19.8. The molecule has 0 saturated heterocycles. The van der Waals surface area contributed by atoms with Crippen molar-refractivity contribution in [2.45, 2.75) is 0 Å². The normalized spacial score (nSPS) is 11.4. The van der Waals surface area contributed by atoms with E-state index in [1.165, 1.54) is 21.5 Å². The number of nitriles is 2. The van der Waals surface area contributed by atoms with E-state index in [-0.39, 0.29) is 0 Å². The van der Waals surface area contributed by atoms with E-state index in [2.05, 4.69) is 130 Å². The molecule has 2 aromatic heterocycles. The van der Waals surface area contributed by atoms with Gasteiger partial charge in [0.1, 0.15) is 12.1 Å². The molecule has 6 aromatic carbocycles. The van der Waals surface area contributed by atoms with Crippen molar-refractivity contribution >= 4 is 54.4 Å². The van der Waals surface area contributed by atoms with E-state index >= 15 is 0 Å². The van der Waals surface area contributed by atoms with Crippen LogP contribution in [0.25, 0.3) is 65.8 Å². The summed E-state index contributed by atoms with van der Waals surface area (Å²) in [5.41, 5.74) is 7.22. The zero-order valence-electron chi connectivity index (χ0n) is 21.3. The van der Waals surface area contributed by atoms with Crippen molar-refractivity contribution in [3.63, 3.8) is 0 Å². The summed E-state index contributed by atoms with van der Waals surface area (Å²) in [6.45, 7) is 0. The van der Waals surface area contributed by atoms with Crippen LogP contribution >= 0.6 is 0 Å². The van der Waals surface area contributed by atoms with Gasteiger partial charge in [-0.3, -0.25) is 0 Å². The third-order valence-electron chi connectivity index (χ3n) is 7.95. The molecule has 0 N–H and O–H groups in total. The smallest absolute Gasteiger partial charge is 0.101 e. The molecule has 0 spiro atoms. The van der Waals surface area contributed by atoms with Crippen LogP contribution in [0.1, 0.15) is 11.1 Å². The maximum absolute atomic E-state index is 9.78. The standard InChI is InChI=1S/C36H20N4/c37-21-25-17-23-19-35(39-31-13-5-1-9-27(31)28-10-2-6-14-32(28)39)36(20-24(23)18-26(25)22-38)40-33-15-7-3-11-29(33)30-12-4-8-16-34(30)40/h1-20H. The predicted octanol–water partition coefficient (Wildman–Crippen LogP) is 8.78. The SMILES string of the molecule is N#Cc1cc2cc(-n3c4ccccc4c4ccccc43)c(-n3c4ccccc4c4ccccc43)cc2cc1C#N.